The van der Waals surface area contributed by atoms with Gasteiger partial charge >= 0.3 is 0 Å². The van der Waals surface area contributed by atoms with Gasteiger partial charge in [-0.2, -0.15) is 0 Å². The van der Waals surface area contributed by atoms with Crippen LogP contribution in [0.25, 0.3) is 0 Å². The van der Waals surface area contributed by atoms with Crippen molar-refractivity contribution < 1.29 is 0 Å². The number of halogens is 3. The van der Waals surface area contributed by atoms with Gasteiger partial charge in [-0.25, -0.2) is 0 Å². The minimum atomic E-state index is 0. The molecule has 1 nitrogen and oxygen atoms in total. The van der Waals surface area contributed by atoms with E-state index < -0.39 is 0 Å². The van der Waals surface area contributed by atoms with E-state index in [1.165, 1.54) is 11.1 Å². The normalized spacial score (nSPS) is 15.3. The Morgan fingerprint density at radius 1 is 1.07 bits per heavy atom. The van der Waals surface area contributed by atoms with Crippen LogP contribution in [0.5, 0.6) is 0 Å². The van der Waals surface area contributed by atoms with Gasteiger partial charge in [-0.15, -0.1) is 12.4 Å². The van der Waals surface area contributed by atoms with Crippen LogP contribution >= 0.6 is 35.6 Å². The number of rotatable bonds is 0. The molecule has 14 heavy (non-hydrogen) atoms. The molecule has 1 aromatic carbocycles. The van der Waals surface area contributed by atoms with Crippen LogP contribution in [0.15, 0.2) is 12.1 Å². The van der Waals surface area contributed by atoms with Gasteiger partial charge in [-0.05, 0) is 43.1 Å². The van der Waals surface area contributed by atoms with Crippen molar-refractivity contribution in [2.45, 2.75) is 12.8 Å². The maximum atomic E-state index is 6.12. The molecule has 4 heteroatoms. The average molecular weight is 253 g/mol. The van der Waals surface area contributed by atoms with Crippen molar-refractivity contribution >= 4 is 35.6 Å². The molecule has 0 radical (unpaired) electrons. The molecular formula is C10H12Cl3N. The Morgan fingerprint density at radius 3 is 2.57 bits per heavy atom. The molecule has 1 aliphatic heterocycles. The summed E-state index contributed by atoms with van der Waals surface area (Å²) in [7, 11) is 0. The summed E-state index contributed by atoms with van der Waals surface area (Å²) in [5.74, 6) is 0. The first-order valence-electron chi connectivity index (χ1n) is 4.45. The summed E-state index contributed by atoms with van der Waals surface area (Å²) >= 11 is 12.1. The lowest BCUT2D eigenvalue weighted by molar-refractivity contribution is 0.711. The molecule has 2 rings (SSSR count). The first kappa shape index (κ1) is 12.1. The van der Waals surface area contributed by atoms with Crippen LogP contribution < -0.4 is 5.32 Å². The second-order valence-electron chi connectivity index (χ2n) is 3.25. The monoisotopic (exact) mass is 251 g/mol. The summed E-state index contributed by atoms with van der Waals surface area (Å²) in [6, 6.07) is 3.96. The second-order valence-corrected chi connectivity index (χ2v) is 4.03. The number of fused-ring (bicyclic) bond motifs is 1. The lowest BCUT2D eigenvalue weighted by Crippen LogP contribution is -2.16. The van der Waals surface area contributed by atoms with E-state index >= 15 is 0 Å². The minimum absolute atomic E-state index is 0. The van der Waals surface area contributed by atoms with Crippen LogP contribution in [0.2, 0.25) is 10.0 Å². The molecule has 0 saturated heterocycles. The van der Waals surface area contributed by atoms with Gasteiger partial charge in [-0.1, -0.05) is 29.3 Å². The third-order valence-electron chi connectivity index (χ3n) is 2.42. The second kappa shape index (κ2) is 5.22. The molecule has 0 saturated carbocycles. The zero-order valence-corrected chi connectivity index (χ0v) is 9.98. The summed E-state index contributed by atoms with van der Waals surface area (Å²) in [4.78, 5) is 0. The Kier molecular flexibility index (Phi) is 4.52. The van der Waals surface area contributed by atoms with E-state index in [0.29, 0.717) is 5.02 Å². The Morgan fingerprint density at radius 2 is 1.79 bits per heavy atom. The Balaban J connectivity index is 0.000000980. The zero-order valence-electron chi connectivity index (χ0n) is 7.65. The van der Waals surface area contributed by atoms with Gasteiger partial charge in [0.2, 0.25) is 0 Å². The van der Waals surface area contributed by atoms with Gasteiger partial charge in [-0.3, -0.25) is 0 Å². The smallest absolute Gasteiger partial charge is 0.0627 e. The van der Waals surface area contributed by atoms with E-state index in [1.807, 2.05) is 6.07 Å². The largest absolute Gasteiger partial charge is 0.316 e. The van der Waals surface area contributed by atoms with Gasteiger partial charge in [0.1, 0.15) is 0 Å². The highest BCUT2D eigenvalue weighted by molar-refractivity contribution is 6.42. The molecule has 1 aromatic rings. The van der Waals surface area contributed by atoms with Gasteiger partial charge in [0.25, 0.3) is 0 Å². The first-order chi connectivity index (χ1) is 6.29. The molecule has 78 valence electrons. The van der Waals surface area contributed by atoms with Gasteiger partial charge in [0.05, 0.1) is 10.0 Å². The molecule has 1 aliphatic rings. The lowest BCUT2D eigenvalue weighted by Gasteiger charge is -2.08. The summed E-state index contributed by atoms with van der Waals surface area (Å²) in [5, 5.41) is 4.75. The lowest BCUT2D eigenvalue weighted by atomic mass is 10.0. The predicted octanol–water partition coefficient (Wildman–Crippen LogP) is 3.10. The van der Waals surface area contributed by atoms with Crippen molar-refractivity contribution in [3.63, 3.8) is 0 Å². The van der Waals surface area contributed by atoms with E-state index in [4.69, 9.17) is 23.2 Å². The van der Waals surface area contributed by atoms with Crippen molar-refractivity contribution in [2.75, 3.05) is 13.1 Å². The summed E-state index contributed by atoms with van der Waals surface area (Å²) in [6.07, 6.45) is 2.03. The molecule has 1 heterocycles. The van der Waals surface area contributed by atoms with Crippen molar-refractivity contribution in [2.24, 2.45) is 0 Å². The van der Waals surface area contributed by atoms with Crippen LogP contribution in [0.1, 0.15) is 11.1 Å². The van der Waals surface area contributed by atoms with E-state index in [-0.39, 0.29) is 12.4 Å². The van der Waals surface area contributed by atoms with E-state index in [9.17, 15) is 0 Å². The SMILES string of the molecule is Cl.Clc1ccc2c(c1Cl)CCNCC2. The van der Waals surface area contributed by atoms with E-state index in [1.54, 1.807) is 0 Å². The Bertz CT molecular complexity index is 325. The van der Waals surface area contributed by atoms with Crippen molar-refractivity contribution in [1.29, 1.82) is 0 Å². The van der Waals surface area contributed by atoms with Gasteiger partial charge < -0.3 is 5.32 Å². The van der Waals surface area contributed by atoms with E-state index in [0.717, 1.165) is 31.0 Å². The van der Waals surface area contributed by atoms with Crippen LogP contribution in [-0.2, 0) is 12.8 Å². The van der Waals surface area contributed by atoms with Crippen molar-refractivity contribution in [3.8, 4) is 0 Å². The average Bonchev–Trinajstić information content (AvgIpc) is 2.36. The topological polar surface area (TPSA) is 12.0 Å². The fourth-order valence-electron chi connectivity index (χ4n) is 1.70. The summed E-state index contributed by atoms with van der Waals surface area (Å²) < 4.78 is 0. The van der Waals surface area contributed by atoms with Crippen LogP contribution in [0.4, 0.5) is 0 Å². The predicted molar refractivity (Wildman–Crippen MR) is 64.0 cm³/mol. The molecule has 0 atom stereocenters. The molecule has 0 bridgehead atoms. The number of nitrogens with one attached hydrogen (secondary N) is 1. The number of benzene rings is 1. The van der Waals surface area contributed by atoms with Gasteiger partial charge in [0.15, 0.2) is 0 Å². The summed E-state index contributed by atoms with van der Waals surface area (Å²) in [6.45, 7) is 2.03. The first-order valence-corrected chi connectivity index (χ1v) is 5.21. The highest BCUT2D eigenvalue weighted by Gasteiger charge is 2.12. The molecular weight excluding hydrogens is 240 g/mol. The molecule has 0 aliphatic carbocycles. The highest BCUT2D eigenvalue weighted by Crippen LogP contribution is 2.29. The van der Waals surface area contributed by atoms with Crippen molar-refractivity contribution in [1.82, 2.24) is 5.32 Å². The fraction of sp³-hybridized carbons (Fsp3) is 0.400. The van der Waals surface area contributed by atoms with Crippen LogP contribution in [0.3, 0.4) is 0 Å². The molecule has 0 unspecified atom stereocenters. The van der Waals surface area contributed by atoms with Crippen molar-refractivity contribution in [3.05, 3.63) is 33.3 Å². The molecule has 0 fully saturated rings. The Labute approximate surface area is 100 Å². The van der Waals surface area contributed by atoms with E-state index in [2.05, 4.69) is 11.4 Å². The molecule has 0 aromatic heterocycles. The number of hydrogen-bond donors (Lipinski definition) is 1. The van der Waals surface area contributed by atoms with Crippen LogP contribution in [0, 0.1) is 0 Å². The summed E-state index contributed by atoms with van der Waals surface area (Å²) in [5.41, 5.74) is 2.55. The third-order valence-corrected chi connectivity index (χ3v) is 3.26. The standard InChI is InChI=1S/C10H11Cl2N.ClH/c11-9-2-1-7-3-5-13-6-4-8(7)10(9)12;/h1-2,13H,3-6H2;1H. The molecule has 0 amide bonds. The quantitative estimate of drug-likeness (QED) is 0.748. The fourth-order valence-corrected chi connectivity index (χ4v) is 2.15. The highest BCUT2D eigenvalue weighted by atomic mass is 35.5. The van der Waals surface area contributed by atoms with Gasteiger partial charge in [0, 0.05) is 0 Å². The van der Waals surface area contributed by atoms with Crippen LogP contribution in [-0.4, -0.2) is 13.1 Å². The third kappa shape index (κ3) is 2.34. The minimum Gasteiger partial charge on any atom is -0.316 e. The zero-order chi connectivity index (χ0) is 9.26. The Hall–Kier alpha value is 0.0500. The molecule has 0 spiro atoms. The maximum Gasteiger partial charge on any atom is 0.0627 e. The molecule has 1 N–H and O–H groups in total. The maximum absolute atomic E-state index is 6.12. The number of hydrogen-bond acceptors (Lipinski definition) is 1.